The molecule has 0 aromatic rings. The average molecular weight is 282 g/mol. The van der Waals surface area contributed by atoms with Gasteiger partial charge < -0.3 is 20.3 Å². The van der Waals surface area contributed by atoms with Crippen LogP contribution < -0.4 is 10.6 Å². The molecule has 1 aliphatic carbocycles. The molecule has 0 atom stereocenters. The van der Waals surface area contributed by atoms with Crippen molar-refractivity contribution < 1.29 is 4.74 Å². The van der Waals surface area contributed by atoms with E-state index < -0.39 is 0 Å². The summed E-state index contributed by atoms with van der Waals surface area (Å²) < 4.78 is 5.51. The van der Waals surface area contributed by atoms with Crippen LogP contribution in [0.3, 0.4) is 0 Å². The van der Waals surface area contributed by atoms with Gasteiger partial charge >= 0.3 is 0 Å². The third kappa shape index (κ3) is 4.35. The number of hydrogen-bond acceptors (Lipinski definition) is 3. The summed E-state index contributed by atoms with van der Waals surface area (Å²) in [5.41, 5.74) is 0.153. The highest BCUT2D eigenvalue weighted by molar-refractivity contribution is 5.79. The highest BCUT2D eigenvalue weighted by atomic mass is 16.5. The fraction of sp³-hybridized carbons (Fsp3) is 0.933. The van der Waals surface area contributed by atoms with E-state index in [1.54, 1.807) is 0 Å². The zero-order valence-electron chi connectivity index (χ0n) is 13.2. The van der Waals surface area contributed by atoms with Crippen molar-refractivity contribution in [3.8, 4) is 0 Å². The average Bonchev–Trinajstić information content (AvgIpc) is 3.27. The molecule has 1 aliphatic heterocycles. The molecule has 2 N–H and O–H groups in total. The Morgan fingerprint density at radius 1 is 1.25 bits per heavy atom. The van der Waals surface area contributed by atoms with Crippen molar-refractivity contribution in [2.75, 3.05) is 46.9 Å². The Hall–Kier alpha value is -0.810. The molecule has 1 heterocycles. The number of nitrogens with one attached hydrogen (secondary N) is 2. The second-order valence-corrected chi connectivity index (χ2v) is 6.25. The van der Waals surface area contributed by atoms with Crippen molar-refractivity contribution in [1.29, 1.82) is 0 Å². The molecule has 20 heavy (non-hydrogen) atoms. The number of likely N-dealkylation sites (N-methyl/N-ethyl adjacent to an activating group) is 1. The summed E-state index contributed by atoms with van der Waals surface area (Å²) >= 11 is 0. The minimum atomic E-state index is 0.153. The van der Waals surface area contributed by atoms with Gasteiger partial charge in [0.1, 0.15) is 0 Å². The fourth-order valence-electron chi connectivity index (χ4n) is 2.63. The van der Waals surface area contributed by atoms with E-state index >= 15 is 0 Å². The summed E-state index contributed by atoms with van der Waals surface area (Å²) in [6, 6.07) is 0. The summed E-state index contributed by atoms with van der Waals surface area (Å²) in [7, 11) is 4.32. The van der Waals surface area contributed by atoms with Crippen LogP contribution in [0.4, 0.5) is 0 Å². The van der Waals surface area contributed by atoms with E-state index in [1.807, 2.05) is 0 Å². The zero-order valence-corrected chi connectivity index (χ0v) is 13.2. The van der Waals surface area contributed by atoms with Gasteiger partial charge in [0.15, 0.2) is 5.96 Å². The standard InChI is InChI=1S/C15H30N4O/c1-4-16-14(17-11-13-5-6-13)18-12-15(19(2)3)7-9-20-10-8-15/h13H,4-12H2,1-3H3,(H2,16,17,18). The van der Waals surface area contributed by atoms with Gasteiger partial charge in [0.05, 0.1) is 6.54 Å². The topological polar surface area (TPSA) is 48.9 Å². The Kier molecular flexibility index (Phi) is 5.66. The molecule has 0 bridgehead atoms. The summed E-state index contributed by atoms with van der Waals surface area (Å²) in [5, 5.41) is 6.82. The molecule has 2 fully saturated rings. The van der Waals surface area contributed by atoms with Gasteiger partial charge in [0.2, 0.25) is 0 Å². The molecule has 0 radical (unpaired) electrons. The maximum absolute atomic E-state index is 5.51. The number of hydrogen-bond donors (Lipinski definition) is 2. The third-order valence-electron chi connectivity index (χ3n) is 4.50. The minimum Gasteiger partial charge on any atom is -0.381 e. The van der Waals surface area contributed by atoms with Crippen molar-refractivity contribution in [2.45, 2.75) is 38.1 Å². The lowest BCUT2D eigenvalue weighted by Crippen LogP contribution is -2.51. The number of nitrogens with zero attached hydrogens (tertiary/aromatic N) is 2. The van der Waals surface area contributed by atoms with Crippen LogP contribution >= 0.6 is 0 Å². The molecule has 0 unspecified atom stereocenters. The molecule has 0 amide bonds. The van der Waals surface area contributed by atoms with Crippen molar-refractivity contribution >= 4 is 5.96 Å². The van der Waals surface area contributed by atoms with Gasteiger partial charge in [-0.1, -0.05) is 0 Å². The van der Waals surface area contributed by atoms with Crippen LogP contribution in [-0.2, 0) is 4.74 Å². The van der Waals surface area contributed by atoms with E-state index in [2.05, 4.69) is 36.6 Å². The van der Waals surface area contributed by atoms with Crippen LogP contribution in [0.5, 0.6) is 0 Å². The summed E-state index contributed by atoms with van der Waals surface area (Å²) in [6.07, 6.45) is 4.85. The van der Waals surface area contributed by atoms with E-state index in [4.69, 9.17) is 9.73 Å². The number of aliphatic imine (C=N–C) groups is 1. The van der Waals surface area contributed by atoms with E-state index in [0.717, 1.165) is 57.6 Å². The van der Waals surface area contributed by atoms with Crippen LogP contribution in [-0.4, -0.2) is 63.3 Å². The first kappa shape index (κ1) is 15.6. The largest absolute Gasteiger partial charge is 0.381 e. The molecule has 0 aromatic carbocycles. The van der Waals surface area contributed by atoms with Crippen molar-refractivity contribution in [3.05, 3.63) is 0 Å². The van der Waals surface area contributed by atoms with E-state index in [1.165, 1.54) is 12.8 Å². The SMILES string of the molecule is CCNC(=NCC1(N(C)C)CCOCC1)NCC1CC1. The van der Waals surface area contributed by atoms with Crippen LogP contribution in [0.25, 0.3) is 0 Å². The molecular formula is C15H30N4O. The highest BCUT2D eigenvalue weighted by Gasteiger charge is 2.34. The third-order valence-corrected chi connectivity index (χ3v) is 4.50. The van der Waals surface area contributed by atoms with Crippen molar-refractivity contribution in [3.63, 3.8) is 0 Å². The van der Waals surface area contributed by atoms with Gasteiger partial charge in [-0.05, 0) is 52.6 Å². The summed E-state index contributed by atoms with van der Waals surface area (Å²) in [4.78, 5) is 7.15. The van der Waals surface area contributed by atoms with Gasteiger partial charge in [-0.3, -0.25) is 4.99 Å². The minimum absolute atomic E-state index is 0.153. The molecule has 2 aliphatic rings. The lowest BCUT2D eigenvalue weighted by Gasteiger charge is -2.41. The van der Waals surface area contributed by atoms with E-state index in [-0.39, 0.29) is 5.54 Å². The second-order valence-electron chi connectivity index (χ2n) is 6.25. The highest BCUT2D eigenvalue weighted by Crippen LogP contribution is 2.28. The number of guanidine groups is 1. The molecule has 116 valence electrons. The summed E-state index contributed by atoms with van der Waals surface area (Å²) in [5.74, 6) is 1.83. The Morgan fingerprint density at radius 3 is 2.50 bits per heavy atom. The molecule has 0 aromatic heterocycles. The second kappa shape index (κ2) is 7.27. The monoisotopic (exact) mass is 282 g/mol. The van der Waals surface area contributed by atoms with Gasteiger partial charge in [0, 0.05) is 31.8 Å². The predicted octanol–water partition coefficient (Wildman–Crippen LogP) is 1.06. The quantitative estimate of drug-likeness (QED) is 0.565. The first-order valence-electron chi connectivity index (χ1n) is 7.93. The zero-order chi connectivity index (χ0) is 14.4. The Labute approximate surface area is 123 Å². The lowest BCUT2D eigenvalue weighted by molar-refractivity contribution is -0.00254. The normalized spacial score (nSPS) is 22.9. The number of ether oxygens (including phenoxy) is 1. The molecular weight excluding hydrogens is 252 g/mol. The smallest absolute Gasteiger partial charge is 0.191 e. The van der Waals surface area contributed by atoms with E-state index in [9.17, 15) is 0 Å². The summed E-state index contributed by atoms with van der Waals surface area (Å²) in [6.45, 7) is 6.62. The van der Waals surface area contributed by atoms with Gasteiger partial charge in [-0.2, -0.15) is 0 Å². The predicted molar refractivity (Wildman–Crippen MR) is 83.2 cm³/mol. The van der Waals surface area contributed by atoms with Crippen LogP contribution in [0.15, 0.2) is 4.99 Å². The number of rotatable bonds is 6. The molecule has 5 heteroatoms. The first-order valence-corrected chi connectivity index (χ1v) is 7.93. The van der Waals surface area contributed by atoms with Gasteiger partial charge in [0.25, 0.3) is 0 Å². The molecule has 1 saturated carbocycles. The fourth-order valence-corrected chi connectivity index (χ4v) is 2.63. The molecule has 5 nitrogen and oxygen atoms in total. The first-order chi connectivity index (χ1) is 9.66. The molecule has 0 spiro atoms. The van der Waals surface area contributed by atoms with Crippen LogP contribution in [0.2, 0.25) is 0 Å². The lowest BCUT2D eigenvalue weighted by atomic mass is 9.89. The maximum atomic E-state index is 5.51. The maximum Gasteiger partial charge on any atom is 0.191 e. The Balaban J connectivity index is 1.92. The van der Waals surface area contributed by atoms with Crippen molar-refractivity contribution in [1.82, 2.24) is 15.5 Å². The van der Waals surface area contributed by atoms with E-state index in [0.29, 0.717) is 0 Å². The Bertz CT molecular complexity index is 320. The Morgan fingerprint density at radius 2 is 1.95 bits per heavy atom. The van der Waals surface area contributed by atoms with Gasteiger partial charge in [-0.15, -0.1) is 0 Å². The molecule has 1 saturated heterocycles. The van der Waals surface area contributed by atoms with Crippen molar-refractivity contribution in [2.24, 2.45) is 10.9 Å². The molecule has 2 rings (SSSR count). The van der Waals surface area contributed by atoms with Crippen LogP contribution in [0.1, 0.15) is 32.6 Å². The van der Waals surface area contributed by atoms with Gasteiger partial charge in [-0.25, -0.2) is 0 Å². The van der Waals surface area contributed by atoms with Crippen LogP contribution in [0, 0.1) is 5.92 Å².